The molecule has 0 atom stereocenters. The number of likely N-dealkylation sites (tertiary alicyclic amines) is 1. The van der Waals surface area contributed by atoms with Crippen LogP contribution in [0.3, 0.4) is 0 Å². The summed E-state index contributed by atoms with van der Waals surface area (Å²) in [5.41, 5.74) is 1.98. The zero-order valence-corrected chi connectivity index (χ0v) is 18.1. The maximum atomic E-state index is 12.3. The molecule has 0 spiro atoms. The van der Waals surface area contributed by atoms with Gasteiger partial charge >= 0.3 is 6.09 Å². The largest absolute Gasteiger partial charge is 0.444 e. The van der Waals surface area contributed by atoms with Crippen molar-refractivity contribution in [2.24, 2.45) is 0 Å². The van der Waals surface area contributed by atoms with E-state index in [-0.39, 0.29) is 11.6 Å². The normalized spacial score (nSPS) is 16.2. The molecule has 0 aliphatic carbocycles. The first kappa shape index (κ1) is 21.4. The molecule has 1 saturated heterocycles. The van der Waals surface area contributed by atoms with Crippen LogP contribution in [0.25, 0.3) is 0 Å². The highest BCUT2D eigenvalue weighted by Crippen LogP contribution is 2.32. The predicted molar refractivity (Wildman–Crippen MR) is 114 cm³/mol. The van der Waals surface area contributed by atoms with E-state index >= 15 is 0 Å². The molecule has 0 radical (unpaired) electrons. The highest BCUT2D eigenvalue weighted by atomic mass is 16.6. The molecular weight excluding hydrogens is 338 g/mol. The first-order valence-corrected chi connectivity index (χ1v) is 10.1. The Morgan fingerprint density at radius 1 is 1.15 bits per heavy atom. The zero-order valence-electron chi connectivity index (χ0n) is 18.1. The molecule has 5 nitrogen and oxygen atoms in total. The van der Waals surface area contributed by atoms with E-state index in [1.807, 2.05) is 25.7 Å². The first-order chi connectivity index (χ1) is 12.5. The summed E-state index contributed by atoms with van der Waals surface area (Å²) < 4.78 is 5.52. The lowest BCUT2D eigenvalue weighted by Crippen LogP contribution is -2.48. The second-order valence-corrected chi connectivity index (χ2v) is 9.38. The lowest BCUT2D eigenvalue weighted by Gasteiger charge is -2.40. The molecule has 1 aromatic rings. The molecule has 27 heavy (non-hydrogen) atoms. The number of ether oxygens (including phenoxy) is 1. The molecule has 0 unspecified atom stereocenters. The van der Waals surface area contributed by atoms with Crippen LogP contribution in [-0.4, -0.2) is 47.8 Å². The number of rotatable bonds is 4. The van der Waals surface area contributed by atoms with Gasteiger partial charge in [0.05, 0.1) is 11.4 Å². The first-order valence-electron chi connectivity index (χ1n) is 10.1. The predicted octanol–water partition coefficient (Wildman–Crippen LogP) is 5.12. The molecule has 0 saturated carbocycles. The van der Waals surface area contributed by atoms with Crippen molar-refractivity contribution in [3.05, 3.63) is 24.3 Å². The molecular formula is C22H37N3O2. The molecule has 1 aliphatic rings. The van der Waals surface area contributed by atoms with Crippen LogP contribution in [0.1, 0.15) is 61.3 Å². The summed E-state index contributed by atoms with van der Waals surface area (Å²) in [6, 6.07) is 8.95. The average Bonchev–Trinajstić information content (AvgIpc) is 2.55. The van der Waals surface area contributed by atoms with Crippen molar-refractivity contribution in [3.8, 4) is 0 Å². The van der Waals surface area contributed by atoms with E-state index in [4.69, 9.17) is 4.74 Å². The summed E-state index contributed by atoms with van der Waals surface area (Å²) in [5, 5.41) is 3.63. The Labute approximate surface area is 165 Å². The van der Waals surface area contributed by atoms with E-state index in [1.54, 1.807) is 0 Å². The summed E-state index contributed by atoms with van der Waals surface area (Å²) in [5.74, 6) is 0. The molecule has 152 valence electrons. The number of para-hydroxylation sites is 2. The molecule has 1 aromatic carbocycles. The molecule has 1 amide bonds. The third-order valence-electron chi connectivity index (χ3n) is 4.62. The van der Waals surface area contributed by atoms with Crippen LogP contribution in [-0.2, 0) is 4.74 Å². The SMILES string of the molecule is CCN(c1ccccc1NC(C)(C)C)C1CCN(C(=O)OC(C)(C)C)CC1. The Morgan fingerprint density at radius 3 is 2.26 bits per heavy atom. The zero-order chi connectivity index (χ0) is 20.2. The summed E-state index contributed by atoms with van der Waals surface area (Å²) in [7, 11) is 0. The minimum absolute atomic E-state index is 0.00952. The number of amides is 1. The van der Waals surface area contributed by atoms with Crippen LogP contribution < -0.4 is 10.2 Å². The van der Waals surface area contributed by atoms with Gasteiger partial charge in [0.25, 0.3) is 0 Å². The molecule has 2 rings (SSSR count). The van der Waals surface area contributed by atoms with E-state index < -0.39 is 5.60 Å². The Hall–Kier alpha value is -1.91. The number of hydrogen-bond acceptors (Lipinski definition) is 4. The minimum atomic E-state index is -0.444. The molecule has 5 heteroatoms. The second kappa shape index (κ2) is 8.41. The maximum absolute atomic E-state index is 12.3. The van der Waals surface area contributed by atoms with E-state index in [0.717, 1.165) is 32.5 Å². The van der Waals surface area contributed by atoms with Crippen molar-refractivity contribution >= 4 is 17.5 Å². The van der Waals surface area contributed by atoms with Gasteiger partial charge in [-0.1, -0.05) is 12.1 Å². The van der Waals surface area contributed by atoms with Gasteiger partial charge < -0.3 is 19.9 Å². The Balaban J connectivity index is 2.07. The van der Waals surface area contributed by atoms with Crippen LogP contribution in [0.15, 0.2) is 24.3 Å². The van der Waals surface area contributed by atoms with Crippen molar-refractivity contribution in [2.75, 3.05) is 29.9 Å². The summed E-state index contributed by atoms with van der Waals surface area (Å²) in [6.45, 7) is 16.9. The fourth-order valence-electron chi connectivity index (χ4n) is 3.55. The number of hydrogen-bond donors (Lipinski definition) is 1. The van der Waals surface area contributed by atoms with Crippen LogP contribution in [0.2, 0.25) is 0 Å². The highest BCUT2D eigenvalue weighted by Gasteiger charge is 2.30. The minimum Gasteiger partial charge on any atom is -0.444 e. The highest BCUT2D eigenvalue weighted by molar-refractivity contribution is 5.71. The Kier molecular flexibility index (Phi) is 6.66. The lowest BCUT2D eigenvalue weighted by atomic mass is 10.0. The smallest absolute Gasteiger partial charge is 0.410 e. The number of nitrogens with zero attached hydrogens (tertiary/aromatic N) is 2. The molecule has 1 N–H and O–H groups in total. The van der Waals surface area contributed by atoms with Crippen molar-refractivity contribution in [3.63, 3.8) is 0 Å². The number of piperidine rings is 1. The van der Waals surface area contributed by atoms with Crippen LogP contribution in [0.5, 0.6) is 0 Å². The van der Waals surface area contributed by atoms with Gasteiger partial charge in [-0.3, -0.25) is 0 Å². The van der Waals surface area contributed by atoms with E-state index in [0.29, 0.717) is 6.04 Å². The summed E-state index contributed by atoms with van der Waals surface area (Å²) in [4.78, 5) is 16.6. The molecule has 1 heterocycles. The van der Waals surface area contributed by atoms with Gasteiger partial charge in [-0.2, -0.15) is 0 Å². The number of carbonyl (C=O) groups excluding carboxylic acids is 1. The number of benzene rings is 1. The van der Waals surface area contributed by atoms with Gasteiger partial charge in [0, 0.05) is 31.2 Å². The van der Waals surface area contributed by atoms with E-state index in [2.05, 4.69) is 62.2 Å². The third-order valence-corrected chi connectivity index (χ3v) is 4.62. The molecule has 0 aromatic heterocycles. The second-order valence-electron chi connectivity index (χ2n) is 9.38. The van der Waals surface area contributed by atoms with Crippen LogP contribution >= 0.6 is 0 Å². The van der Waals surface area contributed by atoms with Gasteiger partial charge in [0.2, 0.25) is 0 Å². The van der Waals surface area contributed by atoms with Gasteiger partial charge in [-0.25, -0.2) is 4.79 Å². The molecule has 1 fully saturated rings. The van der Waals surface area contributed by atoms with Crippen molar-refractivity contribution in [2.45, 2.75) is 78.5 Å². The van der Waals surface area contributed by atoms with Gasteiger partial charge in [0.15, 0.2) is 0 Å². The van der Waals surface area contributed by atoms with E-state index in [1.165, 1.54) is 11.4 Å². The van der Waals surface area contributed by atoms with Gasteiger partial charge in [-0.05, 0) is 73.4 Å². The van der Waals surface area contributed by atoms with Gasteiger partial charge in [0.1, 0.15) is 5.60 Å². The van der Waals surface area contributed by atoms with Crippen molar-refractivity contribution < 1.29 is 9.53 Å². The van der Waals surface area contributed by atoms with Crippen molar-refractivity contribution in [1.82, 2.24) is 4.90 Å². The Bertz CT molecular complexity index is 623. The third kappa shape index (κ3) is 6.33. The van der Waals surface area contributed by atoms with Gasteiger partial charge in [-0.15, -0.1) is 0 Å². The standard InChI is InChI=1S/C22H37N3O2/c1-8-25(19-12-10-9-11-18(19)23-21(2,3)4)17-13-15-24(16-14-17)20(26)27-22(5,6)7/h9-12,17,23H,8,13-16H2,1-7H3. The summed E-state index contributed by atoms with van der Waals surface area (Å²) in [6.07, 6.45) is 1.72. The molecule has 1 aliphatic heterocycles. The van der Waals surface area contributed by atoms with Crippen LogP contribution in [0, 0.1) is 0 Å². The maximum Gasteiger partial charge on any atom is 0.410 e. The topological polar surface area (TPSA) is 44.8 Å². The average molecular weight is 376 g/mol. The number of carbonyl (C=O) groups is 1. The number of nitrogens with one attached hydrogen (secondary N) is 1. The fraction of sp³-hybridized carbons (Fsp3) is 0.682. The molecule has 0 bridgehead atoms. The summed E-state index contributed by atoms with van der Waals surface area (Å²) >= 11 is 0. The van der Waals surface area contributed by atoms with E-state index in [9.17, 15) is 4.79 Å². The fourth-order valence-corrected chi connectivity index (χ4v) is 3.55. The Morgan fingerprint density at radius 2 is 1.74 bits per heavy atom. The lowest BCUT2D eigenvalue weighted by molar-refractivity contribution is 0.0205. The quantitative estimate of drug-likeness (QED) is 0.793. The van der Waals surface area contributed by atoms with Crippen LogP contribution in [0.4, 0.5) is 16.2 Å². The number of anilines is 2. The van der Waals surface area contributed by atoms with Crippen molar-refractivity contribution in [1.29, 1.82) is 0 Å². The monoisotopic (exact) mass is 375 g/mol.